The molecule has 0 bridgehead atoms. The number of carbonyl (C=O) groups excluding carboxylic acids is 1. The molecule has 1 heterocycles. The van der Waals surface area contributed by atoms with Crippen LogP contribution in [0.1, 0.15) is 46.7 Å². The molecule has 1 aromatic heterocycles. The van der Waals surface area contributed by atoms with Gasteiger partial charge in [0.2, 0.25) is 5.76 Å². The molecule has 0 saturated heterocycles. The van der Waals surface area contributed by atoms with Crippen molar-refractivity contribution >= 4 is 11.9 Å². The van der Waals surface area contributed by atoms with E-state index in [1.807, 2.05) is 0 Å². The number of nitrogens with one attached hydrogen (secondary N) is 1. The molecule has 2 rings (SSSR count). The Balaban J connectivity index is 1.81. The van der Waals surface area contributed by atoms with Gasteiger partial charge in [-0.15, -0.1) is 0 Å². The number of allylic oxidation sites excluding steroid dienone is 1. The van der Waals surface area contributed by atoms with Gasteiger partial charge >= 0.3 is 5.97 Å². The predicted octanol–water partition coefficient (Wildman–Crippen LogP) is 1.60. The molecule has 0 spiro atoms. The van der Waals surface area contributed by atoms with Gasteiger partial charge in [-0.3, -0.25) is 4.79 Å². The van der Waals surface area contributed by atoms with Crippen LogP contribution in [0.3, 0.4) is 0 Å². The zero-order valence-electron chi connectivity index (χ0n) is 9.81. The first-order valence-electron chi connectivity index (χ1n) is 5.83. The van der Waals surface area contributed by atoms with Crippen LogP contribution in [0.15, 0.2) is 22.2 Å². The number of carbonyl (C=O) groups is 2. The average molecular weight is 250 g/mol. The van der Waals surface area contributed by atoms with Crippen LogP contribution in [0.5, 0.6) is 0 Å². The van der Waals surface area contributed by atoms with Gasteiger partial charge in [0, 0.05) is 12.6 Å². The van der Waals surface area contributed by atoms with Crippen LogP contribution in [0.25, 0.3) is 0 Å². The number of carboxylic acids is 1. The predicted molar refractivity (Wildman–Crippen MR) is 62.3 cm³/mol. The standard InChI is InChI=1S/C12H14N2O4/c15-11(9-7-10(12(16)17)18-14-9)13-6-5-8-3-1-2-4-8/h3,7H,1-2,4-6H2,(H,13,15)(H,16,17). The Hall–Kier alpha value is -2.11. The lowest BCUT2D eigenvalue weighted by Crippen LogP contribution is -2.24. The first-order chi connectivity index (χ1) is 8.66. The summed E-state index contributed by atoms with van der Waals surface area (Å²) in [5.74, 6) is -1.99. The summed E-state index contributed by atoms with van der Waals surface area (Å²) < 4.78 is 4.51. The van der Waals surface area contributed by atoms with E-state index < -0.39 is 11.9 Å². The molecule has 0 fully saturated rings. The Labute approximate surface area is 104 Å². The molecule has 1 amide bonds. The van der Waals surface area contributed by atoms with E-state index in [2.05, 4.69) is 21.1 Å². The van der Waals surface area contributed by atoms with Gasteiger partial charge in [0.25, 0.3) is 5.91 Å². The number of aromatic nitrogens is 1. The fourth-order valence-corrected chi connectivity index (χ4v) is 1.87. The number of amides is 1. The molecule has 0 atom stereocenters. The van der Waals surface area contributed by atoms with Crippen molar-refractivity contribution in [2.24, 2.45) is 0 Å². The summed E-state index contributed by atoms with van der Waals surface area (Å²) >= 11 is 0. The second-order valence-corrected chi connectivity index (χ2v) is 4.14. The minimum atomic E-state index is -1.24. The molecule has 1 aliphatic carbocycles. The molecule has 0 aromatic carbocycles. The topological polar surface area (TPSA) is 92.4 Å². The molecule has 96 valence electrons. The van der Waals surface area contributed by atoms with Crippen molar-refractivity contribution in [3.8, 4) is 0 Å². The second-order valence-electron chi connectivity index (χ2n) is 4.14. The van der Waals surface area contributed by atoms with Crippen molar-refractivity contribution < 1.29 is 19.2 Å². The molecule has 0 saturated carbocycles. The van der Waals surface area contributed by atoms with Gasteiger partial charge in [-0.1, -0.05) is 16.8 Å². The third kappa shape index (κ3) is 2.97. The molecule has 6 heteroatoms. The Bertz CT molecular complexity index is 490. The van der Waals surface area contributed by atoms with Gasteiger partial charge in [-0.25, -0.2) is 4.79 Å². The largest absolute Gasteiger partial charge is 0.475 e. The Kier molecular flexibility index (Phi) is 3.76. The molecular weight excluding hydrogens is 236 g/mol. The fraction of sp³-hybridized carbons (Fsp3) is 0.417. The summed E-state index contributed by atoms with van der Waals surface area (Å²) in [5, 5.41) is 14.7. The van der Waals surface area contributed by atoms with E-state index >= 15 is 0 Å². The normalized spacial score (nSPS) is 14.3. The van der Waals surface area contributed by atoms with Crippen molar-refractivity contribution in [1.82, 2.24) is 10.5 Å². The van der Waals surface area contributed by atoms with Crippen LogP contribution in [-0.2, 0) is 0 Å². The van der Waals surface area contributed by atoms with Crippen LogP contribution >= 0.6 is 0 Å². The molecule has 0 radical (unpaired) electrons. The minimum absolute atomic E-state index is 0.00667. The molecular formula is C12H14N2O4. The van der Waals surface area contributed by atoms with Crippen molar-refractivity contribution in [3.63, 3.8) is 0 Å². The second kappa shape index (κ2) is 5.48. The Morgan fingerprint density at radius 3 is 2.94 bits per heavy atom. The number of rotatable bonds is 5. The molecule has 1 aromatic rings. The third-order valence-electron chi connectivity index (χ3n) is 2.82. The maximum Gasteiger partial charge on any atom is 0.374 e. The van der Waals surface area contributed by atoms with Gasteiger partial charge in [-0.2, -0.15) is 0 Å². The number of nitrogens with zero attached hydrogens (tertiary/aromatic N) is 1. The molecule has 2 N–H and O–H groups in total. The first-order valence-corrected chi connectivity index (χ1v) is 5.83. The van der Waals surface area contributed by atoms with Crippen LogP contribution in [0.4, 0.5) is 0 Å². The highest BCUT2D eigenvalue weighted by Crippen LogP contribution is 2.19. The van der Waals surface area contributed by atoms with E-state index in [4.69, 9.17) is 5.11 Å². The number of aromatic carboxylic acids is 1. The van der Waals surface area contributed by atoms with Gasteiger partial charge in [0.05, 0.1) is 0 Å². The average Bonchev–Trinajstić information content (AvgIpc) is 2.99. The highest BCUT2D eigenvalue weighted by atomic mass is 16.5. The fourth-order valence-electron chi connectivity index (χ4n) is 1.87. The lowest BCUT2D eigenvalue weighted by molar-refractivity contribution is 0.0651. The van der Waals surface area contributed by atoms with E-state index in [9.17, 15) is 9.59 Å². The van der Waals surface area contributed by atoms with Crippen molar-refractivity contribution in [2.45, 2.75) is 25.7 Å². The van der Waals surface area contributed by atoms with Crippen LogP contribution in [0.2, 0.25) is 0 Å². The maximum atomic E-state index is 11.6. The molecule has 18 heavy (non-hydrogen) atoms. The van der Waals surface area contributed by atoms with Crippen molar-refractivity contribution in [2.75, 3.05) is 6.54 Å². The number of hydrogen-bond donors (Lipinski definition) is 2. The summed E-state index contributed by atoms with van der Waals surface area (Å²) in [4.78, 5) is 22.2. The first kappa shape index (κ1) is 12.3. The third-order valence-corrected chi connectivity index (χ3v) is 2.82. The number of hydrogen-bond acceptors (Lipinski definition) is 4. The van der Waals surface area contributed by atoms with E-state index in [1.165, 1.54) is 12.0 Å². The summed E-state index contributed by atoms with van der Waals surface area (Å²) in [6.07, 6.45) is 6.44. The summed E-state index contributed by atoms with van der Waals surface area (Å²) in [5.41, 5.74) is 1.36. The van der Waals surface area contributed by atoms with E-state index in [-0.39, 0.29) is 11.5 Å². The summed E-state index contributed by atoms with van der Waals surface area (Å²) in [6, 6.07) is 1.12. The van der Waals surface area contributed by atoms with Crippen molar-refractivity contribution in [1.29, 1.82) is 0 Å². The lowest BCUT2D eigenvalue weighted by atomic mass is 10.2. The van der Waals surface area contributed by atoms with Crippen molar-refractivity contribution in [3.05, 3.63) is 29.2 Å². The molecule has 0 aliphatic heterocycles. The summed E-state index contributed by atoms with van der Waals surface area (Å²) in [7, 11) is 0. The van der Waals surface area contributed by atoms with Crippen LogP contribution in [0, 0.1) is 0 Å². The minimum Gasteiger partial charge on any atom is -0.475 e. The Morgan fingerprint density at radius 1 is 1.50 bits per heavy atom. The van der Waals surface area contributed by atoms with E-state index in [1.54, 1.807) is 0 Å². The smallest absolute Gasteiger partial charge is 0.374 e. The number of carboxylic acid groups (broad SMARTS) is 1. The van der Waals surface area contributed by atoms with Gasteiger partial charge in [0.1, 0.15) is 0 Å². The highest BCUT2D eigenvalue weighted by Gasteiger charge is 2.16. The summed E-state index contributed by atoms with van der Waals surface area (Å²) in [6.45, 7) is 0.528. The molecule has 0 unspecified atom stereocenters. The van der Waals surface area contributed by atoms with Gasteiger partial charge < -0.3 is 14.9 Å². The lowest BCUT2D eigenvalue weighted by Gasteiger charge is -2.03. The van der Waals surface area contributed by atoms with E-state index in [0.29, 0.717) is 6.54 Å². The quantitative estimate of drug-likeness (QED) is 0.774. The molecule has 1 aliphatic rings. The monoisotopic (exact) mass is 250 g/mol. The zero-order valence-corrected chi connectivity index (χ0v) is 9.81. The zero-order chi connectivity index (χ0) is 13.0. The maximum absolute atomic E-state index is 11.6. The van der Waals surface area contributed by atoms with Gasteiger partial charge in [0.15, 0.2) is 5.69 Å². The van der Waals surface area contributed by atoms with E-state index in [0.717, 1.165) is 25.3 Å². The van der Waals surface area contributed by atoms with Crippen LogP contribution < -0.4 is 5.32 Å². The Morgan fingerprint density at radius 2 is 2.33 bits per heavy atom. The molecule has 6 nitrogen and oxygen atoms in total. The van der Waals surface area contributed by atoms with Crippen LogP contribution in [-0.4, -0.2) is 28.7 Å². The van der Waals surface area contributed by atoms with Gasteiger partial charge in [-0.05, 0) is 25.7 Å². The SMILES string of the molecule is O=C(NCCC1=CCCC1)c1cc(C(=O)O)on1. The highest BCUT2D eigenvalue weighted by molar-refractivity contribution is 5.94.